The Balaban J connectivity index is 3.36. The fraction of sp³-hybridized carbons (Fsp3) is 0.500. The molecule has 0 saturated carbocycles. The molecule has 0 aliphatic rings. The molecule has 0 aliphatic carbocycles. The van der Waals surface area contributed by atoms with Gasteiger partial charge in [0.15, 0.2) is 0 Å². The Morgan fingerprint density at radius 1 is 1.00 bits per heavy atom. The zero-order valence-electron chi connectivity index (χ0n) is 11.7. The van der Waals surface area contributed by atoms with Gasteiger partial charge in [0.2, 0.25) is 0 Å². The summed E-state index contributed by atoms with van der Waals surface area (Å²) in [5.41, 5.74) is 5.89. The second kappa shape index (κ2) is 7.49. The van der Waals surface area contributed by atoms with Gasteiger partial charge in [0.1, 0.15) is 0 Å². The molecule has 0 nitrogen and oxygen atoms in total. The van der Waals surface area contributed by atoms with E-state index in [1.54, 1.807) is 5.57 Å². The number of benzene rings is 1. The van der Waals surface area contributed by atoms with Crippen LogP contribution in [0.15, 0.2) is 26.7 Å². The van der Waals surface area contributed by atoms with Gasteiger partial charge in [-0.1, -0.05) is 32.8 Å². The molecule has 0 aliphatic heterocycles. The minimum absolute atomic E-state index is 1.11. The first-order chi connectivity index (χ1) is 8.54. The van der Waals surface area contributed by atoms with Crippen LogP contribution in [0, 0.1) is 6.92 Å². The van der Waals surface area contributed by atoms with E-state index in [1.807, 2.05) is 0 Å². The van der Waals surface area contributed by atoms with Gasteiger partial charge in [0, 0.05) is 8.95 Å². The fourth-order valence-electron chi connectivity index (χ4n) is 2.45. The molecule has 0 heterocycles. The molecule has 1 aromatic carbocycles. The van der Waals surface area contributed by atoms with Crippen molar-refractivity contribution in [2.24, 2.45) is 0 Å². The number of allylic oxidation sites excluding steroid dienone is 2. The third kappa shape index (κ3) is 3.71. The van der Waals surface area contributed by atoms with Crippen molar-refractivity contribution >= 4 is 37.4 Å². The normalized spacial score (nSPS) is 12.6. The van der Waals surface area contributed by atoms with Gasteiger partial charge in [-0.2, -0.15) is 0 Å². The number of rotatable bonds is 5. The van der Waals surface area contributed by atoms with Crippen LogP contribution >= 0.6 is 31.9 Å². The molecule has 0 fully saturated rings. The predicted octanol–water partition coefficient (Wildman–Crippen LogP) is 6.89. The highest BCUT2D eigenvalue weighted by Gasteiger charge is 2.11. The van der Waals surface area contributed by atoms with E-state index in [4.69, 9.17) is 0 Å². The summed E-state index contributed by atoms with van der Waals surface area (Å²) in [6, 6.07) is 4.46. The second-order valence-corrected chi connectivity index (χ2v) is 6.33. The zero-order chi connectivity index (χ0) is 13.7. The van der Waals surface area contributed by atoms with E-state index in [2.05, 4.69) is 71.7 Å². The van der Waals surface area contributed by atoms with Crippen molar-refractivity contribution in [2.75, 3.05) is 0 Å². The molecule has 0 atom stereocenters. The van der Waals surface area contributed by atoms with Gasteiger partial charge >= 0.3 is 0 Å². The van der Waals surface area contributed by atoms with Crippen LogP contribution in [0.1, 0.15) is 57.6 Å². The molecule has 0 N–H and O–H groups in total. The Labute approximate surface area is 128 Å². The van der Waals surface area contributed by atoms with Crippen LogP contribution in [0.3, 0.4) is 0 Å². The Bertz CT molecular complexity index is 445. The van der Waals surface area contributed by atoms with Crippen LogP contribution in [-0.4, -0.2) is 0 Å². The highest BCUT2D eigenvalue weighted by Crippen LogP contribution is 2.34. The van der Waals surface area contributed by atoms with Gasteiger partial charge in [-0.3, -0.25) is 0 Å². The van der Waals surface area contributed by atoms with Gasteiger partial charge in [0.05, 0.1) is 0 Å². The summed E-state index contributed by atoms with van der Waals surface area (Å²) in [7, 11) is 0. The Morgan fingerprint density at radius 3 is 2.11 bits per heavy atom. The number of hydrogen-bond acceptors (Lipinski definition) is 0. The summed E-state index contributed by atoms with van der Waals surface area (Å²) >= 11 is 7.19. The first-order valence-electron chi connectivity index (χ1n) is 6.71. The van der Waals surface area contributed by atoms with Crippen LogP contribution in [0.5, 0.6) is 0 Å². The molecule has 1 aromatic rings. The molecule has 2 heteroatoms. The van der Waals surface area contributed by atoms with Crippen LogP contribution in [0.25, 0.3) is 5.57 Å². The first-order valence-corrected chi connectivity index (χ1v) is 8.30. The lowest BCUT2D eigenvalue weighted by molar-refractivity contribution is 0.854. The highest BCUT2D eigenvalue weighted by atomic mass is 79.9. The van der Waals surface area contributed by atoms with Gasteiger partial charge in [0.25, 0.3) is 0 Å². The van der Waals surface area contributed by atoms with Gasteiger partial charge in [-0.05, 0) is 86.9 Å². The van der Waals surface area contributed by atoms with E-state index in [1.165, 1.54) is 29.5 Å². The number of aryl methyl sites for hydroxylation is 1. The van der Waals surface area contributed by atoms with Crippen molar-refractivity contribution in [1.29, 1.82) is 0 Å². The lowest BCUT2D eigenvalue weighted by atomic mass is 9.91. The molecule has 100 valence electrons. The van der Waals surface area contributed by atoms with E-state index in [0.717, 1.165) is 21.8 Å². The number of hydrogen-bond donors (Lipinski definition) is 0. The van der Waals surface area contributed by atoms with Crippen molar-refractivity contribution in [3.05, 3.63) is 37.8 Å². The molecule has 0 unspecified atom stereocenters. The summed E-state index contributed by atoms with van der Waals surface area (Å²) < 4.78 is 2.27. The minimum Gasteiger partial charge on any atom is -0.0667 e. The van der Waals surface area contributed by atoms with Crippen LogP contribution in [0.2, 0.25) is 0 Å². The van der Waals surface area contributed by atoms with Gasteiger partial charge in [-0.15, -0.1) is 0 Å². The van der Waals surface area contributed by atoms with Crippen molar-refractivity contribution < 1.29 is 0 Å². The largest absolute Gasteiger partial charge is 0.0667 e. The highest BCUT2D eigenvalue weighted by molar-refractivity contribution is 9.13. The van der Waals surface area contributed by atoms with Crippen LogP contribution in [0.4, 0.5) is 0 Å². The van der Waals surface area contributed by atoms with Crippen molar-refractivity contribution in [2.45, 2.75) is 53.4 Å². The summed E-state index contributed by atoms with van der Waals surface area (Å²) in [6.07, 6.45) is 4.71. The number of halogens is 2. The molecular weight excluding hydrogens is 352 g/mol. The lowest BCUT2D eigenvalue weighted by Gasteiger charge is -2.16. The molecule has 0 spiro atoms. The van der Waals surface area contributed by atoms with Crippen LogP contribution in [-0.2, 0) is 0 Å². The van der Waals surface area contributed by atoms with E-state index < -0.39 is 0 Å². The summed E-state index contributed by atoms with van der Waals surface area (Å²) in [5.74, 6) is 0. The molecule has 0 bridgehead atoms. The topological polar surface area (TPSA) is 0 Å². The maximum atomic E-state index is 3.62. The summed E-state index contributed by atoms with van der Waals surface area (Å²) in [4.78, 5) is 0. The maximum Gasteiger partial charge on any atom is 0.0323 e. The molecule has 18 heavy (non-hydrogen) atoms. The summed E-state index contributed by atoms with van der Waals surface area (Å²) in [5, 5.41) is 0. The Morgan fingerprint density at radius 2 is 1.61 bits per heavy atom. The average Bonchev–Trinajstić information content (AvgIpc) is 2.35. The lowest BCUT2D eigenvalue weighted by Crippen LogP contribution is -1.95. The van der Waals surface area contributed by atoms with E-state index >= 15 is 0 Å². The predicted molar refractivity (Wildman–Crippen MR) is 89.0 cm³/mol. The molecule has 0 amide bonds. The zero-order valence-corrected chi connectivity index (χ0v) is 14.9. The second-order valence-electron chi connectivity index (χ2n) is 4.62. The third-order valence-electron chi connectivity index (χ3n) is 3.35. The van der Waals surface area contributed by atoms with E-state index in [0.29, 0.717) is 0 Å². The van der Waals surface area contributed by atoms with Crippen molar-refractivity contribution in [1.82, 2.24) is 0 Å². The van der Waals surface area contributed by atoms with Crippen molar-refractivity contribution in [3.63, 3.8) is 0 Å². The molecule has 0 saturated heterocycles. The van der Waals surface area contributed by atoms with Crippen LogP contribution < -0.4 is 0 Å². The molecule has 1 rings (SSSR count). The maximum absolute atomic E-state index is 3.62. The monoisotopic (exact) mass is 372 g/mol. The Kier molecular flexibility index (Phi) is 6.65. The van der Waals surface area contributed by atoms with Gasteiger partial charge in [-0.25, -0.2) is 0 Å². The van der Waals surface area contributed by atoms with Gasteiger partial charge < -0.3 is 0 Å². The van der Waals surface area contributed by atoms with E-state index in [9.17, 15) is 0 Å². The third-order valence-corrected chi connectivity index (χ3v) is 5.20. The molecule has 0 radical (unpaired) electrons. The summed E-state index contributed by atoms with van der Waals surface area (Å²) in [6.45, 7) is 8.98. The fourth-order valence-corrected chi connectivity index (χ4v) is 3.25. The standard InChI is InChI=1S/C16H22Br2/c1-5-8-12(6-2)13(7-3)14-10-16(18)15(17)9-11(14)4/h9-10H,5-8H2,1-4H3/b13-12+. The molecular formula is C16H22Br2. The van der Waals surface area contributed by atoms with E-state index in [-0.39, 0.29) is 0 Å². The van der Waals surface area contributed by atoms with Crippen molar-refractivity contribution in [3.8, 4) is 0 Å². The smallest absolute Gasteiger partial charge is 0.0323 e. The minimum atomic E-state index is 1.11. The average molecular weight is 374 g/mol. The molecule has 0 aromatic heterocycles. The SMILES string of the molecule is CCC/C(CC)=C(\CC)c1cc(Br)c(Br)cc1C. The quantitative estimate of drug-likeness (QED) is 0.526. The first kappa shape index (κ1) is 16.0. The Hall–Kier alpha value is -0.0800.